The third-order valence-electron chi connectivity index (χ3n) is 7.35. The van der Waals surface area contributed by atoms with Gasteiger partial charge in [-0.15, -0.1) is 0 Å². The molecular weight excluding hydrogens is 696 g/mol. The summed E-state index contributed by atoms with van der Waals surface area (Å²) in [4.78, 5) is 71.3. The minimum Gasteiger partial charge on any atom is -0.462 e. The van der Waals surface area contributed by atoms with Crippen molar-refractivity contribution in [3.8, 4) is 0 Å². The van der Waals surface area contributed by atoms with E-state index in [2.05, 4.69) is 39.5 Å². The highest BCUT2D eigenvalue weighted by Gasteiger charge is 2.39. The van der Waals surface area contributed by atoms with Crippen LogP contribution in [0.2, 0.25) is 0 Å². The highest BCUT2D eigenvalue weighted by atomic mass is 16.6. The first-order valence-electron chi connectivity index (χ1n) is 16.5. The Morgan fingerprint density at radius 2 is 0.660 bits per heavy atom. The van der Waals surface area contributed by atoms with Crippen LogP contribution < -0.4 is 0 Å². The normalized spacial score (nSPS) is 11.5. The zero-order valence-electron chi connectivity index (χ0n) is 31.3. The van der Waals surface area contributed by atoms with Crippen molar-refractivity contribution in [2.75, 3.05) is 66.1 Å². The minimum atomic E-state index is -1.29. The lowest BCUT2D eigenvalue weighted by molar-refractivity contribution is -0.169. The maximum Gasteiger partial charge on any atom is 0.330 e. The molecular formula is C38H54O15. The molecule has 0 fully saturated rings. The molecule has 0 rings (SSSR count). The van der Waals surface area contributed by atoms with E-state index < -0.39 is 57.8 Å². The molecule has 296 valence electrons. The number of carbonyl (C=O) groups excluding carboxylic acids is 6. The molecule has 53 heavy (non-hydrogen) atoms. The van der Waals surface area contributed by atoms with Crippen molar-refractivity contribution in [2.24, 2.45) is 10.8 Å². The number of carbonyl (C=O) groups is 6. The standard InChI is InChI=1S/C38H54O15/c1-11-29(39)46-22-37(23-47-30(40)12-2,24-48-31(41)13-3)21-45-19-17-35(7,8)52-20-18-36(9,10)53-28-38(25-49-32(42)14-4,26-50-33(43)15-5)27-51-34(44)16-6/h11-16H,1-6,17-28H2,7-10H3. The van der Waals surface area contributed by atoms with Crippen LogP contribution in [-0.2, 0) is 71.4 Å². The first-order valence-corrected chi connectivity index (χ1v) is 16.5. The fraction of sp³-hybridized carbons (Fsp3) is 0.526. The lowest BCUT2D eigenvalue weighted by Crippen LogP contribution is -2.45. The Morgan fingerprint density at radius 3 is 0.962 bits per heavy atom. The third-order valence-corrected chi connectivity index (χ3v) is 7.35. The van der Waals surface area contributed by atoms with Crippen molar-refractivity contribution >= 4 is 35.8 Å². The number of hydrogen-bond acceptors (Lipinski definition) is 15. The summed E-state index contributed by atoms with van der Waals surface area (Å²) in [5.74, 6) is -4.45. The van der Waals surface area contributed by atoms with E-state index in [1.807, 2.05) is 13.8 Å². The van der Waals surface area contributed by atoms with Gasteiger partial charge in [0.05, 0.1) is 41.9 Å². The summed E-state index contributed by atoms with van der Waals surface area (Å²) in [6.45, 7) is 25.6. The molecule has 0 spiro atoms. The predicted molar refractivity (Wildman–Crippen MR) is 192 cm³/mol. The van der Waals surface area contributed by atoms with Gasteiger partial charge in [0.15, 0.2) is 0 Å². The summed E-state index contributed by atoms with van der Waals surface area (Å²) in [5, 5.41) is 0. The van der Waals surface area contributed by atoms with E-state index in [9.17, 15) is 28.8 Å². The molecule has 0 radical (unpaired) electrons. The Balaban J connectivity index is 5.58. The van der Waals surface area contributed by atoms with E-state index in [-0.39, 0.29) is 66.1 Å². The average molecular weight is 751 g/mol. The molecule has 0 saturated carbocycles. The van der Waals surface area contributed by atoms with Gasteiger partial charge in [-0.2, -0.15) is 0 Å². The largest absolute Gasteiger partial charge is 0.462 e. The molecule has 0 N–H and O–H groups in total. The molecule has 0 aliphatic rings. The topological polar surface area (TPSA) is 185 Å². The summed E-state index contributed by atoms with van der Waals surface area (Å²) in [7, 11) is 0. The summed E-state index contributed by atoms with van der Waals surface area (Å²) in [6.07, 6.45) is 6.53. The predicted octanol–water partition coefficient (Wildman–Crippen LogP) is 3.72. The van der Waals surface area contributed by atoms with Crippen molar-refractivity contribution < 1.29 is 71.4 Å². The maximum atomic E-state index is 11.9. The quantitative estimate of drug-likeness (QED) is 0.0447. The van der Waals surface area contributed by atoms with Crippen molar-refractivity contribution in [2.45, 2.75) is 51.7 Å². The van der Waals surface area contributed by atoms with Gasteiger partial charge in [0.2, 0.25) is 0 Å². The van der Waals surface area contributed by atoms with Crippen molar-refractivity contribution in [3.05, 3.63) is 75.9 Å². The second-order valence-corrected chi connectivity index (χ2v) is 13.1. The molecule has 0 aliphatic carbocycles. The molecule has 0 heterocycles. The molecule has 0 aromatic heterocycles. The molecule has 0 unspecified atom stereocenters. The van der Waals surface area contributed by atoms with Crippen LogP contribution in [0.25, 0.3) is 0 Å². The van der Waals surface area contributed by atoms with Crippen LogP contribution >= 0.6 is 0 Å². The fourth-order valence-corrected chi connectivity index (χ4v) is 3.87. The monoisotopic (exact) mass is 750 g/mol. The third kappa shape index (κ3) is 21.3. The van der Waals surface area contributed by atoms with Crippen molar-refractivity contribution in [1.29, 1.82) is 0 Å². The van der Waals surface area contributed by atoms with Crippen LogP contribution in [0.1, 0.15) is 40.5 Å². The minimum absolute atomic E-state index is 0.142. The zero-order valence-corrected chi connectivity index (χ0v) is 31.3. The Kier molecular flexibility index (Phi) is 22.2. The number of ether oxygens (including phenoxy) is 9. The lowest BCUT2D eigenvalue weighted by atomic mass is 9.91. The van der Waals surface area contributed by atoms with Gasteiger partial charge in [-0.05, 0) is 40.5 Å². The maximum absolute atomic E-state index is 11.9. The Labute approximate surface area is 311 Å². The van der Waals surface area contributed by atoms with E-state index in [0.29, 0.717) is 12.8 Å². The number of rotatable bonds is 30. The highest BCUT2D eigenvalue weighted by Crippen LogP contribution is 2.27. The molecule has 15 heteroatoms. The highest BCUT2D eigenvalue weighted by molar-refractivity contribution is 5.83. The lowest BCUT2D eigenvalue weighted by Gasteiger charge is -2.36. The van der Waals surface area contributed by atoms with E-state index in [4.69, 9.17) is 42.6 Å². The zero-order chi connectivity index (χ0) is 40.6. The second-order valence-electron chi connectivity index (χ2n) is 13.1. The summed E-state index contributed by atoms with van der Waals surface area (Å²) in [5.41, 5.74) is -4.11. The molecule has 0 saturated heterocycles. The summed E-state index contributed by atoms with van der Waals surface area (Å²) in [6, 6.07) is 0. The van der Waals surface area contributed by atoms with Gasteiger partial charge in [-0.25, -0.2) is 28.8 Å². The Bertz CT molecular complexity index is 1190. The van der Waals surface area contributed by atoms with Crippen LogP contribution in [0.3, 0.4) is 0 Å². The molecule has 15 nitrogen and oxygen atoms in total. The van der Waals surface area contributed by atoms with E-state index >= 15 is 0 Å². The van der Waals surface area contributed by atoms with Crippen molar-refractivity contribution in [1.82, 2.24) is 0 Å². The average Bonchev–Trinajstić information content (AvgIpc) is 3.14. The Hall–Kier alpha value is -4.86. The molecule has 0 atom stereocenters. The van der Waals surface area contributed by atoms with Crippen LogP contribution in [-0.4, -0.2) is 113 Å². The Morgan fingerprint density at radius 1 is 0.396 bits per heavy atom. The van der Waals surface area contributed by atoms with Crippen LogP contribution in [0.5, 0.6) is 0 Å². The molecule has 0 bridgehead atoms. The van der Waals surface area contributed by atoms with E-state index in [1.165, 1.54) is 0 Å². The number of esters is 6. The van der Waals surface area contributed by atoms with Crippen LogP contribution in [0.4, 0.5) is 0 Å². The molecule has 0 aliphatic heterocycles. The molecule has 0 aromatic carbocycles. The second kappa shape index (κ2) is 24.4. The van der Waals surface area contributed by atoms with Gasteiger partial charge in [0.25, 0.3) is 0 Å². The van der Waals surface area contributed by atoms with Crippen LogP contribution in [0.15, 0.2) is 75.9 Å². The van der Waals surface area contributed by atoms with Gasteiger partial charge in [0, 0.05) is 43.1 Å². The molecule has 0 amide bonds. The van der Waals surface area contributed by atoms with Crippen LogP contribution in [0, 0.1) is 10.8 Å². The van der Waals surface area contributed by atoms with Gasteiger partial charge < -0.3 is 42.6 Å². The van der Waals surface area contributed by atoms with E-state index in [0.717, 1.165) is 36.5 Å². The molecule has 0 aromatic rings. The first-order chi connectivity index (χ1) is 24.8. The smallest absolute Gasteiger partial charge is 0.330 e. The van der Waals surface area contributed by atoms with Gasteiger partial charge in [-0.3, -0.25) is 0 Å². The van der Waals surface area contributed by atoms with Gasteiger partial charge in [0.1, 0.15) is 39.6 Å². The summed E-state index contributed by atoms with van der Waals surface area (Å²) < 4.78 is 49.7. The van der Waals surface area contributed by atoms with E-state index in [1.54, 1.807) is 13.8 Å². The SMILES string of the molecule is C=CC(=O)OCC(COCCC(C)(C)OCCC(C)(C)OCC(COC(=O)C=C)(COC(=O)C=C)COC(=O)C=C)(COC(=O)C=C)COC(=O)C=C. The first kappa shape index (κ1) is 48.1. The number of hydrogen-bond donors (Lipinski definition) is 0. The fourth-order valence-electron chi connectivity index (χ4n) is 3.87. The van der Waals surface area contributed by atoms with Gasteiger partial charge in [-0.1, -0.05) is 39.5 Å². The summed E-state index contributed by atoms with van der Waals surface area (Å²) >= 11 is 0. The van der Waals surface area contributed by atoms with Gasteiger partial charge >= 0.3 is 35.8 Å². The van der Waals surface area contributed by atoms with Crippen molar-refractivity contribution in [3.63, 3.8) is 0 Å².